The lowest BCUT2D eigenvalue weighted by atomic mass is 10.2. The van der Waals surface area contributed by atoms with Gasteiger partial charge in [0.15, 0.2) is 0 Å². The number of para-hydroxylation sites is 1. The quantitative estimate of drug-likeness (QED) is 0.683. The number of amides is 3. The lowest BCUT2D eigenvalue weighted by molar-refractivity contribution is 0.0822. The van der Waals surface area contributed by atoms with Crippen LogP contribution in [-0.4, -0.2) is 40.9 Å². The monoisotopic (exact) mass is 337 g/mol. The van der Waals surface area contributed by atoms with Gasteiger partial charge in [0.1, 0.15) is 5.69 Å². The molecule has 0 spiro atoms. The van der Waals surface area contributed by atoms with Crippen LogP contribution >= 0.6 is 0 Å². The van der Waals surface area contributed by atoms with Crippen LogP contribution in [-0.2, 0) is 6.54 Å². The Morgan fingerprint density at radius 2 is 1.96 bits per heavy atom. The number of aromatic amines is 1. The average molecular weight is 337 g/mol. The third kappa shape index (κ3) is 3.95. The molecule has 3 rings (SSSR count). The second-order valence-electron chi connectivity index (χ2n) is 5.82. The third-order valence-electron chi connectivity index (χ3n) is 3.67. The Kier molecular flexibility index (Phi) is 4.65. The molecule has 3 N–H and O–H groups in total. The lowest BCUT2D eigenvalue weighted by Crippen LogP contribution is -2.28. The molecule has 7 nitrogen and oxygen atoms in total. The Morgan fingerprint density at radius 3 is 2.72 bits per heavy atom. The topological polar surface area (TPSA) is 90.1 Å². The maximum atomic E-state index is 12.1. The number of carbonyl (C=O) groups is 2. The lowest BCUT2D eigenvalue weighted by Gasteiger charge is -2.11. The maximum Gasteiger partial charge on any atom is 0.319 e. The molecule has 0 unspecified atom stereocenters. The number of nitrogens with one attached hydrogen (secondary N) is 3. The van der Waals surface area contributed by atoms with E-state index >= 15 is 0 Å². The highest BCUT2D eigenvalue weighted by atomic mass is 16.2. The number of carbonyl (C=O) groups excluding carboxylic acids is 2. The molecule has 0 atom stereocenters. The zero-order valence-electron chi connectivity index (χ0n) is 14.0. The first kappa shape index (κ1) is 16.5. The molecule has 0 aliphatic carbocycles. The largest absolute Gasteiger partial charge is 0.357 e. The number of nitrogens with zero attached hydrogens (tertiary/aromatic N) is 2. The van der Waals surface area contributed by atoms with Crippen molar-refractivity contribution in [1.82, 2.24) is 20.2 Å². The molecule has 1 aromatic carbocycles. The van der Waals surface area contributed by atoms with Crippen molar-refractivity contribution in [2.75, 3.05) is 19.4 Å². The average Bonchev–Trinajstić information content (AvgIpc) is 3.02. The fraction of sp³-hybridized carbons (Fsp3) is 0.167. The van der Waals surface area contributed by atoms with Crippen molar-refractivity contribution >= 4 is 28.5 Å². The minimum absolute atomic E-state index is 0.220. The first-order valence-electron chi connectivity index (χ1n) is 7.82. The summed E-state index contributed by atoms with van der Waals surface area (Å²) in [5.74, 6) is -0.220. The Bertz CT molecular complexity index is 883. The van der Waals surface area contributed by atoms with E-state index in [0.717, 1.165) is 16.6 Å². The summed E-state index contributed by atoms with van der Waals surface area (Å²) in [4.78, 5) is 32.7. The molecule has 0 aliphatic heterocycles. The smallest absolute Gasteiger partial charge is 0.319 e. The van der Waals surface area contributed by atoms with E-state index in [4.69, 9.17) is 0 Å². The third-order valence-corrected chi connectivity index (χ3v) is 3.67. The van der Waals surface area contributed by atoms with Crippen LogP contribution in [0.5, 0.6) is 0 Å². The summed E-state index contributed by atoms with van der Waals surface area (Å²) in [6, 6.07) is 12.7. The summed E-state index contributed by atoms with van der Waals surface area (Å²) in [6.07, 6.45) is 1.49. The summed E-state index contributed by atoms with van der Waals surface area (Å²) in [7, 11) is 3.30. The van der Waals surface area contributed by atoms with Gasteiger partial charge in [0.25, 0.3) is 5.91 Å². The SMILES string of the molecule is CN(C)C(=O)c1cc(NC(=O)NCc2cc3ccccc3[nH]2)ccn1. The van der Waals surface area contributed by atoms with Gasteiger partial charge in [-0.3, -0.25) is 9.78 Å². The van der Waals surface area contributed by atoms with E-state index in [0.29, 0.717) is 12.2 Å². The minimum Gasteiger partial charge on any atom is -0.357 e. The van der Waals surface area contributed by atoms with Crippen LogP contribution in [0.1, 0.15) is 16.2 Å². The predicted octanol–water partition coefficient (Wildman–Crippen LogP) is 2.59. The highest BCUT2D eigenvalue weighted by molar-refractivity contribution is 5.95. The number of aromatic nitrogens is 2. The van der Waals surface area contributed by atoms with Gasteiger partial charge in [-0.25, -0.2) is 4.79 Å². The van der Waals surface area contributed by atoms with Crippen molar-refractivity contribution in [3.63, 3.8) is 0 Å². The fourth-order valence-corrected chi connectivity index (χ4v) is 2.43. The molecule has 0 saturated carbocycles. The zero-order chi connectivity index (χ0) is 17.8. The number of benzene rings is 1. The molecular weight excluding hydrogens is 318 g/mol. The van der Waals surface area contributed by atoms with Gasteiger partial charge >= 0.3 is 6.03 Å². The number of urea groups is 1. The molecular formula is C18H19N5O2. The predicted molar refractivity (Wildman–Crippen MR) is 96.4 cm³/mol. The molecule has 3 aromatic rings. The molecule has 25 heavy (non-hydrogen) atoms. The fourth-order valence-electron chi connectivity index (χ4n) is 2.43. The second kappa shape index (κ2) is 7.04. The molecule has 0 aliphatic rings. The second-order valence-corrected chi connectivity index (χ2v) is 5.82. The number of hydrogen-bond acceptors (Lipinski definition) is 3. The molecule has 7 heteroatoms. The van der Waals surface area contributed by atoms with E-state index in [-0.39, 0.29) is 17.6 Å². The van der Waals surface area contributed by atoms with Crippen LogP contribution in [0.2, 0.25) is 0 Å². The molecule has 2 aromatic heterocycles. The van der Waals surface area contributed by atoms with Crippen LogP contribution in [0.25, 0.3) is 10.9 Å². The number of hydrogen-bond donors (Lipinski definition) is 3. The van der Waals surface area contributed by atoms with E-state index in [1.165, 1.54) is 11.1 Å². The molecule has 0 saturated heterocycles. The molecule has 0 bridgehead atoms. The first-order valence-corrected chi connectivity index (χ1v) is 7.82. The van der Waals surface area contributed by atoms with Crippen LogP contribution in [0.15, 0.2) is 48.7 Å². The summed E-state index contributed by atoms with van der Waals surface area (Å²) in [6.45, 7) is 0.370. The van der Waals surface area contributed by atoms with Crippen molar-refractivity contribution in [2.45, 2.75) is 6.54 Å². The number of anilines is 1. The Hall–Kier alpha value is -3.35. The first-order chi connectivity index (χ1) is 12.0. The molecule has 3 amide bonds. The van der Waals surface area contributed by atoms with Crippen LogP contribution in [0, 0.1) is 0 Å². The van der Waals surface area contributed by atoms with Gasteiger partial charge in [-0.15, -0.1) is 0 Å². The highest BCUT2D eigenvalue weighted by Gasteiger charge is 2.11. The van der Waals surface area contributed by atoms with Crippen molar-refractivity contribution in [3.8, 4) is 0 Å². The van der Waals surface area contributed by atoms with Gasteiger partial charge in [0.05, 0.1) is 6.54 Å². The molecule has 128 valence electrons. The van der Waals surface area contributed by atoms with Gasteiger partial charge < -0.3 is 20.5 Å². The van der Waals surface area contributed by atoms with E-state index in [2.05, 4.69) is 20.6 Å². The van der Waals surface area contributed by atoms with Crippen LogP contribution < -0.4 is 10.6 Å². The number of H-pyrrole nitrogens is 1. The zero-order valence-corrected chi connectivity index (χ0v) is 14.0. The van der Waals surface area contributed by atoms with E-state index in [1.807, 2.05) is 30.3 Å². The Morgan fingerprint density at radius 1 is 1.16 bits per heavy atom. The normalized spacial score (nSPS) is 10.5. The van der Waals surface area contributed by atoms with Crippen molar-refractivity contribution in [1.29, 1.82) is 0 Å². The van der Waals surface area contributed by atoms with Gasteiger partial charge in [-0.05, 0) is 29.7 Å². The number of fused-ring (bicyclic) bond motifs is 1. The van der Waals surface area contributed by atoms with Crippen molar-refractivity contribution < 1.29 is 9.59 Å². The molecule has 0 fully saturated rings. The van der Waals surface area contributed by atoms with Gasteiger partial charge in [-0.2, -0.15) is 0 Å². The summed E-state index contributed by atoms with van der Waals surface area (Å²) in [5.41, 5.74) is 2.72. The minimum atomic E-state index is -0.354. The van der Waals surface area contributed by atoms with E-state index < -0.39 is 0 Å². The van der Waals surface area contributed by atoms with Gasteiger partial charge in [0.2, 0.25) is 0 Å². The van der Waals surface area contributed by atoms with Gasteiger partial charge in [0, 0.05) is 37.2 Å². The van der Waals surface area contributed by atoms with Gasteiger partial charge in [-0.1, -0.05) is 18.2 Å². The molecule has 2 heterocycles. The standard InChI is InChI=1S/C18H19N5O2/c1-23(2)17(24)16-10-13(7-8-19-16)22-18(25)20-11-14-9-12-5-3-4-6-15(12)21-14/h3-10,21H,11H2,1-2H3,(H2,19,20,22,25). The highest BCUT2D eigenvalue weighted by Crippen LogP contribution is 2.14. The Balaban J connectivity index is 1.61. The molecule has 0 radical (unpaired) electrons. The van der Waals surface area contributed by atoms with Crippen LogP contribution in [0.3, 0.4) is 0 Å². The van der Waals surface area contributed by atoms with Crippen molar-refractivity contribution in [2.24, 2.45) is 0 Å². The summed E-state index contributed by atoms with van der Waals surface area (Å²) >= 11 is 0. The van der Waals surface area contributed by atoms with Crippen LogP contribution in [0.4, 0.5) is 10.5 Å². The van der Waals surface area contributed by atoms with Crippen molar-refractivity contribution in [3.05, 3.63) is 60.0 Å². The van der Waals surface area contributed by atoms with E-state index in [1.54, 1.807) is 26.2 Å². The maximum absolute atomic E-state index is 12.1. The summed E-state index contributed by atoms with van der Waals surface area (Å²) in [5, 5.41) is 6.59. The number of rotatable bonds is 4. The Labute approximate surface area is 145 Å². The van der Waals surface area contributed by atoms with E-state index in [9.17, 15) is 9.59 Å². The summed E-state index contributed by atoms with van der Waals surface area (Å²) < 4.78 is 0. The number of pyridine rings is 1.